The van der Waals surface area contributed by atoms with Gasteiger partial charge in [0.15, 0.2) is 0 Å². The number of hydrogen-bond acceptors (Lipinski definition) is 5. The van der Waals surface area contributed by atoms with Gasteiger partial charge in [-0.05, 0) is 37.8 Å². The van der Waals surface area contributed by atoms with E-state index in [1.165, 1.54) is 6.08 Å². The van der Waals surface area contributed by atoms with Crippen LogP contribution in [0.2, 0.25) is 0 Å². The molecule has 0 unspecified atom stereocenters. The summed E-state index contributed by atoms with van der Waals surface area (Å²) in [5, 5.41) is 22.1. The zero-order valence-corrected chi connectivity index (χ0v) is 15.2. The Bertz CT molecular complexity index is 472. The normalized spacial score (nSPS) is 12.2. The van der Waals surface area contributed by atoms with E-state index in [9.17, 15) is 25.0 Å². The van der Waals surface area contributed by atoms with Gasteiger partial charge in [0.25, 0.3) is 0 Å². The van der Waals surface area contributed by atoms with Crippen LogP contribution in [0.4, 0.5) is 0 Å². The van der Waals surface area contributed by atoms with Crippen LogP contribution in [0.15, 0.2) is 23.5 Å². The molecule has 0 aromatic carbocycles. The summed E-state index contributed by atoms with van der Waals surface area (Å²) in [6, 6.07) is 0. The highest BCUT2D eigenvalue weighted by Crippen LogP contribution is 2.15. The van der Waals surface area contributed by atoms with Gasteiger partial charge in [-0.1, -0.05) is 39.0 Å². The number of nitrogens with zero attached hydrogens (tertiary/aromatic N) is 2. The second kappa shape index (κ2) is 15.5. The van der Waals surface area contributed by atoms with Crippen molar-refractivity contribution < 1.29 is 14.6 Å². The summed E-state index contributed by atoms with van der Waals surface area (Å²) in [7, 11) is 0. The molecule has 0 atom stereocenters. The predicted molar refractivity (Wildman–Crippen MR) is 97.3 cm³/mol. The van der Waals surface area contributed by atoms with Crippen LogP contribution < -0.4 is 0 Å². The molecule has 142 valence electrons. The lowest BCUT2D eigenvalue weighted by atomic mass is 10.1. The van der Waals surface area contributed by atoms with Crippen LogP contribution in [-0.2, 0) is 4.79 Å². The van der Waals surface area contributed by atoms with Gasteiger partial charge in [-0.2, -0.15) is 0 Å². The SMILES string of the molecule is CCCCC/C(=C\C/C(=C\CCCCCCCC=O)[N+](=O)[O-])[N+](=O)[O-]. The van der Waals surface area contributed by atoms with Crippen molar-refractivity contribution in [3.63, 3.8) is 0 Å². The lowest BCUT2D eigenvalue weighted by Crippen LogP contribution is -2.02. The third-order valence-electron chi connectivity index (χ3n) is 3.96. The van der Waals surface area contributed by atoms with E-state index in [4.69, 9.17) is 0 Å². The Morgan fingerprint density at radius 2 is 1.40 bits per heavy atom. The van der Waals surface area contributed by atoms with Crippen LogP contribution in [0.5, 0.6) is 0 Å². The van der Waals surface area contributed by atoms with E-state index in [1.807, 2.05) is 6.92 Å². The van der Waals surface area contributed by atoms with E-state index in [0.717, 1.165) is 57.7 Å². The summed E-state index contributed by atoms with van der Waals surface area (Å²) in [6.07, 6.45) is 12.7. The molecule has 25 heavy (non-hydrogen) atoms. The molecule has 0 aliphatic heterocycles. The zero-order valence-electron chi connectivity index (χ0n) is 15.2. The van der Waals surface area contributed by atoms with Crippen LogP contribution in [0.25, 0.3) is 0 Å². The van der Waals surface area contributed by atoms with Crippen LogP contribution in [0, 0.1) is 20.2 Å². The molecule has 0 aromatic rings. The van der Waals surface area contributed by atoms with E-state index in [0.29, 0.717) is 19.3 Å². The molecule has 0 radical (unpaired) electrons. The standard InChI is InChI=1S/C18H30N2O5/c1-2-3-9-12-17(19(22)23)14-15-18(20(24)25)13-10-7-5-4-6-8-11-16-21/h13-14,16H,2-12,15H2,1H3/b17-14+,18-13+. The molecular weight excluding hydrogens is 324 g/mol. The van der Waals surface area contributed by atoms with E-state index in [1.54, 1.807) is 6.08 Å². The number of aldehydes is 1. The van der Waals surface area contributed by atoms with Crippen molar-refractivity contribution in [1.82, 2.24) is 0 Å². The Morgan fingerprint density at radius 3 is 1.96 bits per heavy atom. The predicted octanol–water partition coefficient (Wildman–Crippen LogP) is 5.21. The molecule has 7 heteroatoms. The van der Waals surface area contributed by atoms with Crippen molar-refractivity contribution in [2.45, 2.75) is 84.0 Å². The second-order valence-corrected chi connectivity index (χ2v) is 6.08. The average molecular weight is 354 g/mol. The molecule has 0 aliphatic carbocycles. The Kier molecular flexibility index (Phi) is 14.2. The first-order chi connectivity index (χ1) is 12.0. The smallest absolute Gasteiger partial charge is 0.246 e. The molecule has 0 N–H and O–H groups in total. The van der Waals surface area contributed by atoms with E-state index in [-0.39, 0.29) is 17.8 Å². The summed E-state index contributed by atoms with van der Waals surface area (Å²) < 4.78 is 0. The quantitative estimate of drug-likeness (QED) is 0.164. The first-order valence-electron chi connectivity index (χ1n) is 9.13. The summed E-state index contributed by atoms with van der Waals surface area (Å²) >= 11 is 0. The van der Waals surface area contributed by atoms with Crippen molar-refractivity contribution in [1.29, 1.82) is 0 Å². The lowest BCUT2D eigenvalue weighted by Gasteiger charge is -2.00. The summed E-state index contributed by atoms with van der Waals surface area (Å²) in [6.45, 7) is 2.02. The number of nitro groups is 2. The molecule has 0 fully saturated rings. The van der Waals surface area contributed by atoms with Crippen LogP contribution in [0.1, 0.15) is 84.0 Å². The van der Waals surface area contributed by atoms with Crippen molar-refractivity contribution in [2.24, 2.45) is 0 Å². The third-order valence-corrected chi connectivity index (χ3v) is 3.96. The molecule has 0 aromatic heterocycles. The van der Waals surface area contributed by atoms with Gasteiger partial charge in [0.05, 0.1) is 16.3 Å². The molecule has 0 bridgehead atoms. The minimum absolute atomic E-state index is 0.00519. The molecule has 0 rings (SSSR count). The lowest BCUT2D eigenvalue weighted by molar-refractivity contribution is -0.432. The summed E-state index contributed by atoms with van der Waals surface area (Å²) in [5.74, 6) is 0. The van der Waals surface area contributed by atoms with Gasteiger partial charge >= 0.3 is 0 Å². The van der Waals surface area contributed by atoms with Gasteiger partial charge in [0.2, 0.25) is 11.4 Å². The van der Waals surface area contributed by atoms with E-state index < -0.39 is 9.85 Å². The fourth-order valence-electron chi connectivity index (χ4n) is 2.45. The van der Waals surface area contributed by atoms with Crippen molar-refractivity contribution >= 4 is 6.29 Å². The fraction of sp³-hybridized carbons (Fsp3) is 0.722. The zero-order chi connectivity index (χ0) is 18.9. The third kappa shape index (κ3) is 13.0. The van der Waals surface area contributed by atoms with Gasteiger partial charge in [-0.15, -0.1) is 0 Å². The first kappa shape index (κ1) is 22.9. The number of rotatable bonds is 16. The summed E-state index contributed by atoms with van der Waals surface area (Å²) in [4.78, 5) is 31.4. The highest BCUT2D eigenvalue weighted by Gasteiger charge is 2.14. The minimum atomic E-state index is -0.454. The molecule has 0 saturated heterocycles. The number of allylic oxidation sites excluding steroid dienone is 3. The number of carbonyl (C=O) groups excluding carboxylic acids is 1. The van der Waals surface area contributed by atoms with Crippen LogP contribution in [0.3, 0.4) is 0 Å². The van der Waals surface area contributed by atoms with E-state index >= 15 is 0 Å². The maximum absolute atomic E-state index is 11.1. The average Bonchev–Trinajstić information content (AvgIpc) is 2.57. The highest BCUT2D eigenvalue weighted by atomic mass is 16.6. The van der Waals surface area contributed by atoms with Gasteiger partial charge in [0.1, 0.15) is 6.29 Å². The minimum Gasteiger partial charge on any atom is -0.303 e. The Balaban J connectivity index is 4.37. The second-order valence-electron chi connectivity index (χ2n) is 6.08. The Hall–Kier alpha value is -2.05. The molecule has 0 amide bonds. The van der Waals surface area contributed by atoms with Gasteiger partial charge < -0.3 is 4.79 Å². The van der Waals surface area contributed by atoms with Crippen molar-refractivity contribution in [3.05, 3.63) is 43.8 Å². The van der Waals surface area contributed by atoms with Crippen molar-refractivity contribution in [2.75, 3.05) is 0 Å². The van der Waals surface area contributed by atoms with E-state index in [2.05, 4.69) is 0 Å². The van der Waals surface area contributed by atoms with Gasteiger partial charge in [0, 0.05) is 12.8 Å². The fourth-order valence-corrected chi connectivity index (χ4v) is 2.45. The summed E-state index contributed by atoms with van der Waals surface area (Å²) in [5.41, 5.74) is 0.0900. The van der Waals surface area contributed by atoms with Crippen LogP contribution in [-0.4, -0.2) is 16.1 Å². The maximum atomic E-state index is 11.1. The molecule has 7 nitrogen and oxygen atoms in total. The van der Waals surface area contributed by atoms with Crippen molar-refractivity contribution in [3.8, 4) is 0 Å². The molecule has 0 saturated carbocycles. The number of unbranched alkanes of at least 4 members (excludes halogenated alkanes) is 8. The Morgan fingerprint density at radius 1 is 0.800 bits per heavy atom. The number of hydrogen-bond donors (Lipinski definition) is 0. The topological polar surface area (TPSA) is 103 Å². The monoisotopic (exact) mass is 354 g/mol. The largest absolute Gasteiger partial charge is 0.303 e. The molecule has 0 heterocycles. The van der Waals surface area contributed by atoms with Crippen LogP contribution >= 0.6 is 0 Å². The van der Waals surface area contributed by atoms with Gasteiger partial charge in [-0.25, -0.2) is 0 Å². The molecule has 0 spiro atoms. The maximum Gasteiger partial charge on any atom is 0.246 e. The first-order valence-corrected chi connectivity index (χ1v) is 9.13. The molecular formula is C18H30N2O5. The highest BCUT2D eigenvalue weighted by molar-refractivity contribution is 5.48. The molecule has 0 aliphatic rings. The number of carbonyl (C=O) groups is 1. The Labute approximate surface area is 149 Å². The van der Waals surface area contributed by atoms with Gasteiger partial charge in [-0.3, -0.25) is 20.2 Å².